The number of carbonyl (C=O) groups is 1. The molecular weight excluding hydrogens is 228 g/mol. The van der Waals surface area contributed by atoms with E-state index in [0.29, 0.717) is 4.43 Å². The highest BCUT2D eigenvalue weighted by Crippen LogP contribution is 1.78. The van der Waals surface area contributed by atoms with E-state index >= 15 is 0 Å². The summed E-state index contributed by atoms with van der Waals surface area (Å²) < 4.78 is 0.477. The second-order valence-corrected chi connectivity index (χ2v) is 1.90. The standard InChI is InChI=1S/C3H5ClINO/c4-2-6-3(7)1-5/h1-2H2,(H,6,7). The summed E-state index contributed by atoms with van der Waals surface area (Å²) in [6, 6.07) is 0.210. The molecular formula is C3H5ClINO. The first-order chi connectivity index (χ1) is 3.31. The van der Waals surface area contributed by atoms with E-state index in [2.05, 4.69) is 5.32 Å². The van der Waals surface area contributed by atoms with Gasteiger partial charge in [-0.15, -0.1) is 11.6 Å². The van der Waals surface area contributed by atoms with E-state index in [0.717, 1.165) is 0 Å². The van der Waals surface area contributed by atoms with Gasteiger partial charge in [0.2, 0.25) is 5.91 Å². The Hall–Kier alpha value is 0.490. The van der Waals surface area contributed by atoms with Gasteiger partial charge in [-0.2, -0.15) is 0 Å². The molecule has 0 aromatic rings. The number of carbonyl (C=O) groups excluding carboxylic acids is 1. The highest BCUT2D eigenvalue weighted by atomic mass is 127. The Kier molecular flexibility index (Phi) is 4.97. The largest absolute Gasteiger partial charge is 0.342 e. The van der Waals surface area contributed by atoms with E-state index in [9.17, 15) is 4.79 Å². The quantitative estimate of drug-likeness (QED) is 0.425. The molecule has 0 spiro atoms. The van der Waals surface area contributed by atoms with Crippen molar-refractivity contribution in [3.63, 3.8) is 0 Å². The molecule has 0 aromatic carbocycles. The van der Waals surface area contributed by atoms with Gasteiger partial charge in [-0.3, -0.25) is 4.79 Å². The van der Waals surface area contributed by atoms with Crippen LogP contribution in [-0.4, -0.2) is 16.3 Å². The zero-order valence-electron chi connectivity index (χ0n) is 3.58. The molecule has 0 saturated carbocycles. The molecule has 42 valence electrons. The van der Waals surface area contributed by atoms with Crippen LogP contribution < -0.4 is 5.32 Å². The minimum absolute atomic E-state index is 0.0180. The average Bonchev–Trinajstić information content (AvgIpc) is 1.68. The molecule has 2 nitrogen and oxygen atoms in total. The van der Waals surface area contributed by atoms with E-state index in [-0.39, 0.29) is 11.9 Å². The molecule has 1 N–H and O–H groups in total. The lowest BCUT2D eigenvalue weighted by Crippen LogP contribution is -2.21. The van der Waals surface area contributed by atoms with E-state index < -0.39 is 0 Å². The maximum Gasteiger partial charge on any atom is 0.230 e. The van der Waals surface area contributed by atoms with Crippen LogP contribution >= 0.6 is 34.2 Å². The van der Waals surface area contributed by atoms with Gasteiger partial charge in [0, 0.05) is 0 Å². The molecule has 0 saturated heterocycles. The normalized spacial score (nSPS) is 8.29. The second-order valence-electron chi connectivity index (χ2n) is 0.867. The van der Waals surface area contributed by atoms with Gasteiger partial charge in [0.05, 0.1) is 10.4 Å². The summed E-state index contributed by atoms with van der Waals surface area (Å²) in [6.45, 7) is 0. The highest BCUT2D eigenvalue weighted by molar-refractivity contribution is 14.1. The van der Waals surface area contributed by atoms with Crippen molar-refractivity contribution in [3.8, 4) is 0 Å². The minimum atomic E-state index is -0.0180. The van der Waals surface area contributed by atoms with Gasteiger partial charge >= 0.3 is 0 Å². The van der Waals surface area contributed by atoms with Crippen LogP contribution in [0, 0.1) is 0 Å². The summed E-state index contributed by atoms with van der Waals surface area (Å²) in [6.07, 6.45) is 0. The van der Waals surface area contributed by atoms with Crippen LogP contribution in [0.25, 0.3) is 0 Å². The molecule has 0 heterocycles. The molecule has 0 fully saturated rings. The summed E-state index contributed by atoms with van der Waals surface area (Å²) in [5.74, 6) is -0.0180. The molecule has 1 amide bonds. The summed E-state index contributed by atoms with van der Waals surface area (Å²) in [4.78, 5) is 10.2. The van der Waals surface area contributed by atoms with E-state index in [1.165, 1.54) is 0 Å². The molecule has 4 heteroatoms. The fraction of sp³-hybridized carbons (Fsp3) is 0.667. The Morgan fingerprint density at radius 3 is 2.57 bits per heavy atom. The fourth-order valence-electron chi connectivity index (χ4n) is 0.122. The highest BCUT2D eigenvalue weighted by Gasteiger charge is 1.90. The van der Waals surface area contributed by atoms with Crippen molar-refractivity contribution in [2.45, 2.75) is 0 Å². The van der Waals surface area contributed by atoms with E-state index in [1.54, 1.807) is 0 Å². The summed E-state index contributed by atoms with van der Waals surface area (Å²) in [5, 5.41) is 2.41. The molecule has 0 aliphatic heterocycles. The molecule has 0 aromatic heterocycles. The fourth-order valence-corrected chi connectivity index (χ4v) is 0.541. The number of hydrogen-bond donors (Lipinski definition) is 1. The molecule has 7 heavy (non-hydrogen) atoms. The number of amides is 1. The smallest absolute Gasteiger partial charge is 0.230 e. The van der Waals surface area contributed by atoms with Gasteiger partial charge in [0.1, 0.15) is 0 Å². The second kappa shape index (κ2) is 4.64. The van der Waals surface area contributed by atoms with Gasteiger partial charge in [-0.05, 0) is 0 Å². The molecule has 0 bridgehead atoms. The van der Waals surface area contributed by atoms with Crippen LogP contribution in [0.1, 0.15) is 0 Å². The van der Waals surface area contributed by atoms with Gasteiger partial charge < -0.3 is 5.32 Å². The predicted molar refractivity (Wildman–Crippen MR) is 37.7 cm³/mol. The maximum absolute atomic E-state index is 10.2. The SMILES string of the molecule is O=C(CI)NCCl. The molecule has 0 unspecified atom stereocenters. The molecule has 0 radical (unpaired) electrons. The van der Waals surface area contributed by atoms with Crippen molar-refractivity contribution in [1.82, 2.24) is 5.32 Å². The maximum atomic E-state index is 10.2. The van der Waals surface area contributed by atoms with Gasteiger partial charge in [0.25, 0.3) is 0 Å². The van der Waals surface area contributed by atoms with E-state index in [4.69, 9.17) is 11.6 Å². The third kappa shape index (κ3) is 4.34. The van der Waals surface area contributed by atoms with Gasteiger partial charge in [-0.1, -0.05) is 22.6 Å². The Labute approximate surface area is 60.7 Å². The zero-order valence-corrected chi connectivity index (χ0v) is 6.49. The van der Waals surface area contributed by atoms with Crippen molar-refractivity contribution in [1.29, 1.82) is 0 Å². The monoisotopic (exact) mass is 233 g/mol. The van der Waals surface area contributed by atoms with Crippen molar-refractivity contribution >= 4 is 40.1 Å². The number of rotatable bonds is 2. The summed E-state index contributed by atoms with van der Waals surface area (Å²) >= 11 is 7.11. The van der Waals surface area contributed by atoms with Crippen LogP contribution in [0.2, 0.25) is 0 Å². The number of halogens is 2. The van der Waals surface area contributed by atoms with Crippen molar-refractivity contribution in [2.75, 3.05) is 10.4 Å². The molecule has 0 rings (SSSR count). The first-order valence-electron chi connectivity index (χ1n) is 1.70. The lowest BCUT2D eigenvalue weighted by atomic mass is 10.7. The average molecular weight is 233 g/mol. The lowest BCUT2D eigenvalue weighted by Gasteiger charge is -1.91. The lowest BCUT2D eigenvalue weighted by molar-refractivity contribution is -0.117. The van der Waals surface area contributed by atoms with E-state index in [1.807, 2.05) is 22.6 Å². The number of nitrogens with one attached hydrogen (secondary N) is 1. The first kappa shape index (κ1) is 7.49. The number of alkyl halides is 2. The molecule has 0 aliphatic carbocycles. The van der Waals surface area contributed by atoms with Gasteiger partial charge in [-0.25, -0.2) is 0 Å². The van der Waals surface area contributed by atoms with Crippen molar-refractivity contribution < 1.29 is 4.79 Å². The van der Waals surface area contributed by atoms with Crippen LogP contribution in [0.4, 0.5) is 0 Å². The van der Waals surface area contributed by atoms with Crippen molar-refractivity contribution in [2.24, 2.45) is 0 Å². The molecule has 0 aliphatic rings. The molecule has 0 atom stereocenters. The van der Waals surface area contributed by atoms with Crippen LogP contribution in [0.15, 0.2) is 0 Å². The third-order valence-corrected chi connectivity index (χ3v) is 1.21. The zero-order chi connectivity index (χ0) is 5.70. The Bertz CT molecular complexity index is 68.0. The topological polar surface area (TPSA) is 29.1 Å². The minimum Gasteiger partial charge on any atom is -0.342 e. The predicted octanol–water partition coefficient (Wildman–Crippen LogP) is 0.734. The van der Waals surface area contributed by atoms with Crippen LogP contribution in [0.3, 0.4) is 0 Å². The Morgan fingerprint density at radius 2 is 2.43 bits per heavy atom. The summed E-state index contributed by atoms with van der Waals surface area (Å²) in [7, 11) is 0. The first-order valence-corrected chi connectivity index (χ1v) is 3.76. The van der Waals surface area contributed by atoms with Crippen LogP contribution in [0.5, 0.6) is 0 Å². The van der Waals surface area contributed by atoms with Crippen molar-refractivity contribution in [3.05, 3.63) is 0 Å². The summed E-state index contributed by atoms with van der Waals surface area (Å²) in [5.41, 5.74) is 0. The Morgan fingerprint density at radius 1 is 1.86 bits per heavy atom. The van der Waals surface area contributed by atoms with Crippen LogP contribution in [-0.2, 0) is 4.79 Å². The Balaban J connectivity index is 3.00. The number of hydrogen-bond acceptors (Lipinski definition) is 1. The van der Waals surface area contributed by atoms with Gasteiger partial charge in [0.15, 0.2) is 0 Å². The third-order valence-electron chi connectivity index (χ3n) is 0.385.